The molecule has 2 rings (SSSR count). The Morgan fingerprint density at radius 3 is 3.00 bits per heavy atom. The Bertz CT molecular complexity index is 414. The SMILES string of the molecule is N#CC1CNC(c2cc(F)ccc2Cl)C1. The highest BCUT2D eigenvalue weighted by molar-refractivity contribution is 6.31. The molecule has 1 N–H and O–H groups in total. The zero-order valence-corrected chi connectivity index (χ0v) is 8.76. The molecule has 0 aromatic heterocycles. The van der Waals surface area contributed by atoms with Crippen LogP contribution in [0.1, 0.15) is 18.0 Å². The minimum atomic E-state index is -0.295. The molecule has 0 aliphatic carbocycles. The van der Waals surface area contributed by atoms with Crippen molar-refractivity contribution < 1.29 is 4.39 Å². The van der Waals surface area contributed by atoms with Crippen molar-refractivity contribution in [2.45, 2.75) is 12.5 Å². The molecule has 15 heavy (non-hydrogen) atoms. The number of hydrogen-bond donors (Lipinski definition) is 1. The van der Waals surface area contributed by atoms with Crippen molar-refractivity contribution in [2.75, 3.05) is 6.54 Å². The Labute approximate surface area is 92.7 Å². The topological polar surface area (TPSA) is 35.8 Å². The molecule has 0 radical (unpaired) electrons. The summed E-state index contributed by atoms with van der Waals surface area (Å²) in [7, 11) is 0. The van der Waals surface area contributed by atoms with Crippen LogP contribution in [-0.2, 0) is 0 Å². The minimum Gasteiger partial charge on any atom is -0.309 e. The predicted octanol–water partition coefficient (Wildman–Crippen LogP) is 2.65. The second kappa shape index (κ2) is 4.18. The molecule has 1 aliphatic rings. The van der Waals surface area contributed by atoms with Crippen molar-refractivity contribution in [1.29, 1.82) is 5.26 Å². The van der Waals surface area contributed by atoms with Gasteiger partial charge in [-0.15, -0.1) is 0 Å². The number of halogens is 2. The summed E-state index contributed by atoms with van der Waals surface area (Å²) in [4.78, 5) is 0. The standard InChI is InChI=1S/C11H10ClFN2/c12-10-2-1-8(13)4-9(10)11-3-7(5-14)6-15-11/h1-2,4,7,11,15H,3,6H2. The lowest BCUT2D eigenvalue weighted by molar-refractivity contribution is 0.604. The van der Waals surface area contributed by atoms with Crippen LogP contribution < -0.4 is 5.32 Å². The molecule has 1 fully saturated rings. The fourth-order valence-electron chi connectivity index (χ4n) is 1.85. The van der Waals surface area contributed by atoms with Crippen molar-refractivity contribution in [1.82, 2.24) is 5.32 Å². The average Bonchev–Trinajstić information content (AvgIpc) is 2.70. The van der Waals surface area contributed by atoms with Crippen molar-refractivity contribution >= 4 is 11.6 Å². The summed E-state index contributed by atoms with van der Waals surface area (Å²) in [6, 6.07) is 6.51. The summed E-state index contributed by atoms with van der Waals surface area (Å²) in [5.74, 6) is -0.300. The van der Waals surface area contributed by atoms with Crippen LogP contribution in [0.4, 0.5) is 4.39 Å². The fourth-order valence-corrected chi connectivity index (χ4v) is 2.10. The van der Waals surface area contributed by atoms with Gasteiger partial charge in [-0.1, -0.05) is 11.6 Å². The van der Waals surface area contributed by atoms with Crippen molar-refractivity contribution in [3.05, 3.63) is 34.6 Å². The van der Waals surface area contributed by atoms with Gasteiger partial charge < -0.3 is 5.32 Å². The molecule has 78 valence electrons. The van der Waals surface area contributed by atoms with Crippen molar-refractivity contribution in [3.8, 4) is 6.07 Å². The largest absolute Gasteiger partial charge is 0.309 e. The van der Waals surface area contributed by atoms with E-state index >= 15 is 0 Å². The van der Waals surface area contributed by atoms with E-state index in [1.165, 1.54) is 12.1 Å². The monoisotopic (exact) mass is 224 g/mol. The van der Waals surface area contributed by atoms with Gasteiger partial charge in [-0.2, -0.15) is 5.26 Å². The van der Waals surface area contributed by atoms with Crippen LogP contribution in [-0.4, -0.2) is 6.54 Å². The van der Waals surface area contributed by atoms with Gasteiger partial charge in [0.2, 0.25) is 0 Å². The third-order valence-electron chi connectivity index (χ3n) is 2.65. The second-order valence-electron chi connectivity index (χ2n) is 3.69. The number of rotatable bonds is 1. The molecule has 1 saturated heterocycles. The predicted molar refractivity (Wildman–Crippen MR) is 55.9 cm³/mol. The molecular formula is C11H10ClFN2. The highest BCUT2D eigenvalue weighted by Gasteiger charge is 2.26. The van der Waals surface area contributed by atoms with E-state index in [1.54, 1.807) is 6.07 Å². The van der Waals surface area contributed by atoms with Crippen LogP contribution >= 0.6 is 11.6 Å². The number of nitrogens with zero attached hydrogens (tertiary/aromatic N) is 1. The van der Waals surface area contributed by atoms with Crippen molar-refractivity contribution in [3.63, 3.8) is 0 Å². The summed E-state index contributed by atoms with van der Waals surface area (Å²) in [5.41, 5.74) is 0.745. The molecular weight excluding hydrogens is 215 g/mol. The lowest BCUT2D eigenvalue weighted by Crippen LogP contribution is -2.14. The summed E-state index contributed by atoms with van der Waals surface area (Å²) in [5, 5.41) is 12.5. The van der Waals surface area contributed by atoms with E-state index in [2.05, 4.69) is 11.4 Å². The van der Waals surface area contributed by atoms with Gasteiger partial charge in [0, 0.05) is 17.6 Å². The third kappa shape index (κ3) is 2.11. The first kappa shape index (κ1) is 10.4. The Morgan fingerprint density at radius 2 is 2.33 bits per heavy atom. The molecule has 0 saturated carbocycles. The molecule has 1 heterocycles. The lowest BCUT2D eigenvalue weighted by atomic mass is 10.0. The van der Waals surface area contributed by atoms with E-state index in [9.17, 15) is 4.39 Å². The van der Waals surface area contributed by atoms with E-state index < -0.39 is 0 Å². The van der Waals surface area contributed by atoms with Gasteiger partial charge in [-0.05, 0) is 30.2 Å². The second-order valence-corrected chi connectivity index (χ2v) is 4.10. The lowest BCUT2D eigenvalue weighted by Gasteiger charge is -2.12. The van der Waals surface area contributed by atoms with Crippen LogP contribution in [0.3, 0.4) is 0 Å². The number of nitrogens with one attached hydrogen (secondary N) is 1. The van der Waals surface area contributed by atoms with Gasteiger partial charge in [0.15, 0.2) is 0 Å². The average molecular weight is 225 g/mol. The molecule has 2 atom stereocenters. The zero-order chi connectivity index (χ0) is 10.8. The van der Waals surface area contributed by atoms with Gasteiger partial charge in [0.05, 0.1) is 12.0 Å². The summed E-state index contributed by atoms with van der Waals surface area (Å²) in [6.45, 7) is 0.647. The van der Waals surface area contributed by atoms with E-state index in [0.29, 0.717) is 18.0 Å². The van der Waals surface area contributed by atoms with Crippen LogP contribution in [0.2, 0.25) is 5.02 Å². The first-order valence-corrected chi connectivity index (χ1v) is 5.16. The first-order valence-electron chi connectivity index (χ1n) is 4.78. The molecule has 0 bridgehead atoms. The highest BCUT2D eigenvalue weighted by Crippen LogP contribution is 2.31. The quantitative estimate of drug-likeness (QED) is 0.796. The molecule has 1 aromatic rings. The summed E-state index contributed by atoms with van der Waals surface area (Å²) in [6.07, 6.45) is 0.694. The number of benzene rings is 1. The van der Waals surface area contributed by atoms with Crippen molar-refractivity contribution in [2.24, 2.45) is 5.92 Å². The van der Waals surface area contributed by atoms with Gasteiger partial charge in [0.1, 0.15) is 5.82 Å². The van der Waals surface area contributed by atoms with E-state index in [0.717, 1.165) is 5.56 Å². The third-order valence-corrected chi connectivity index (χ3v) is 2.99. The van der Waals surface area contributed by atoms with Crippen LogP contribution in [0.5, 0.6) is 0 Å². The maximum Gasteiger partial charge on any atom is 0.123 e. The highest BCUT2D eigenvalue weighted by atomic mass is 35.5. The smallest absolute Gasteiger partial charge is 0.123 e. The minimum absolute atomic E-state index is 0.00199. The molecule has 0 spiro atoms. The van der Waals surface area contributed by atoms with Crippen LogP contribution in [0.15, 0.2) is 18.2 Å². The maximum atomic E-state index is 13.0. The molecule has 4 heteroatoms. The molecule has 1 aromatic carbocycles. The first-order chi connectivity index (χ1) is 7.20. The summed E-state index contributed by atoms with van der Waals surface area (Å²) < 4.78 is 13.0. The van der Waals surface area contributed by atoms with Gasteiger partial charge >= 0.3 is 0 Å². The fraction of sp³-hybridized carbons (Fsp3) is 0.364. The molecule has 2 nitrogen and oxygen atoms in total. The molecule has 0 amide bonds. The maximum absolute atomic E-state index is 13.0. The van der Waals surface area contributed by atoms with E-state index in [4.69, 9.17) is 16.9 Å². The Balaban J connectivity index is 2.24. The Morgan fingerprint density at radius 1 is 1.53 bits per heavy atom. The van der Waals surface area contributed by atoms with Crippen LogP contribution in [0, 0.1) is 23.1 Å². The zero-order valence-electron chi connectivity index (χ0n) is 8.00. The van der Waals surface area contributed by atoms with Crippen LogP contribution in [0.25, 0.3) is 0 Å². The van der Waals surface area contributed by atoms with Gasteiger partial charge in [-0.3, -0.25) is 0 Å². The molecule has 2 unspecified atom stereocenters. The number of nitriles is 1. The number of hydrogen-bond acceptors (Lipinski definition) is 2. The Hall–Kier alpha value is -1.11. The summed E-state index contributed by atoms with van der Waals surface area (Å²) >= 11 is 5.98. The Kier molecular flexibility index (Phi) is 2.90. The van der Waals surface area contributed by atoms with Gasteiger partial charge in [-0.25, -0.2) is 4.39 Å². The van der Waals surface area contributed by atoms with Gasteiger partial charge in [0.25, 0.3) is 0 Å². The molecule has 1 aliphatic heterocycles. The normalized spacial score (nSPS) is 25.1. The van der Waals surface area contributed by atoms with E-state index in [1.807, 2.05) is 0 Å². The van der Waals surface area contributed by atoms with E-state index in [-0.39, 0.29) is 17.8 Å².